The van der Waals surface area contributed by atoms with E-state index in [0.29, 0.717) is 32.2 Å². The first-order valence-corrected chi connectivity index (χ1v) is 17.7. The molecule has 260 valence electrons. The number of aliphatic carboxylic acids is 1. The predicted molar refractivity (Wildman–Crippen MR) is 177 cm³/mol. The third-order valence-electron chi connectivity index (χ3n) is 15.1. The van der Waals surface area contributed by atoms with E-state index in [4.69, 9.17) is 14.2 Å². The van der Waals surface area contributed by atoms with Crippen molar-refractivity contribution in [2.24, 2.45) is 56.7 Å². The zero-order chi connectivity index (χ0) is 34.4. The van der Waals surface area contributed by atoms with E-state index in [0.717, 1.165) is 31.3 Å². The molecule has 5 aliphatic rings. The number of carboxylic acid groups (broad SMARTS) is 1. The van der Waals surface area contributed by atoms with Gasteiger partial charge >= 0.3 is 11.9 Å². The summed E-state index contributed by atoms with van der Waals surface area (Å²) in [6, 6.07) is 0. The van der Waals surface area contributed by atoms with Crippen LogP contribution in [0.3, 0.4) is 0 Å². The van der Waals surface area contributed by atoms with Gasteiger partial charge in [-0.25, -0.2) is 0 Å². The van der Waals surface area contributed by atoms with Gasteiger partial charge in [0.15, 0.2) is 5.78 Å². The Morgan fingerprint density at radius 2 is 1.74 bits per heavy atom. The van der Waals surface area contributed by atoms with E-state index in [9.17, 15) is 19.5 Å². The van der Waals surface area contributed by atoms with Gasteiger partial charge in [-0.15, -0.1) is 0 Å². The van der Waals surface area contributed by atoms with E-state index >= 15 is 0 Å². The van der Waals surface area contributed by atoms with Crippen LogP contribution >= 0.6 is 0 Å². The molecule has 0 unspecified atom stereocenters. The highest BCUT2D eigenvalue weighted by Crippen LogP contribution is 2.74. The van der Waals surface area contributed by atoms with Crippen molar-refractivity contribution in [2.75, 3.05) is 33.9 Å². The smallest absolute Gasteiger partial charge is 0.308 e. The van der Waals surface area contributed by atoms with Gasteiger partial charge in [0.25, 0.3) is 0 Å². The van der Waals surface area contributed by atoms with Crippen LogP contribution in [-0.2, 0) is 28.6 Å². The molecule has 4 fully saturated rings. The molecule has 0 radical (unpaired) electrons. The number of fused-ring (bicyclic) bond motifs is 3. The van der Waals surface area contributed by atoms with Crippen molar-refractivity contribution in [3.8, 4) is 0 Å². The average Bonchev–Trinajstić information content (AvgIpc) is 2.93. The normalized spacial score (nSPS) is 44.5. The van der Waals surface area contributed by atoms with Crippen LogP contribution in [-0.4, -0.2) is 79.4 Å². The standard InChI is InChI=1S/C38H61NO7/c1-22(2)23(3)34(7)15-16-36(9)25-13-14-28-35(8)20-44-21-38(28,26(25)17-29(41)37(36,10)30(34)32(42)43)18-27(46-24(4)40)31(35)45-19-33(5,6)39(11)12/h17,22-23,25,27-28,30-31H,13-16,18-21H2,1-12H3,(H,42,43)/t23-,25+,27-,28+,30-,31+,34-,35+,36-,37+,38+/m1/s1. The molecule has 0 aromatic rings. The fraction of sp³-hybridized carbons (Fsp3) is 0.868. The van der Waals surface area contributed by atoms with Gasteiger partial charge in [-0.1, -0.05) is 54.0 Å². The summed E-state index contributed by atoms with van der Waals surface area (Å²) >= 11 is 0. The summed E-state index contributed by atoms with van der Waals surface area (Å²) in [5.41, 5.74) is -2.12. The average molecular weight is 644 g/mol. The van der Waals surface area contributed by atoms with E-state index in [-0.39, 0.29) is 41.1 Å². The number of hydrogen-bond donors (Lipinski definition) is 1. The molecule has 11 atom stereocenters. The van der Waals surface area contributed by atoms with E-state index in [1.54, 1.807) is 0 Å². The first-order chi connectivity index (χ1) is 21.1. The van der Waals surface area contributed by atoms with Crippen LogP contribution in [0.25, 0.3) is 0 Å². The van der Waals surface area contributed by atoms with Crippen molar-refractivity contribution in [2.45, 2.75) is 119 Å². The molecule has 0 aromatic heterocycles. The van der Waals surface area contributed by atoms with E-state index in [2.05, 4.69) is 60.3 Å². The van der Waals surface area contributed by atoms with Crippen LogP contribution in [0.1, 0.15) is 101 Å². The van der Waals surface area contributed by atoms with Crippen molar-refractivity contribution >= 4 is 17.7 Å². The highest BCUT2D eigenvalue weighted by molar-refractivity contribution is 6.00. The fourth-order valence-electron chi connectivity index (χ4n) is 11.4. The molecule has 0 aromatic carbocycles. The SMILES string of the molecule is CC(=O)O[C@@H]1C[C@@]23COC[C@@](C)([C@@H]2CC[C@H]2C3=CC(=O)[C@@]3(C)[C@H](C(=O)O)[C@@](C)([C@H](C)C(C)C)CC[C@]23C)[C@H]1OCC(C)(C)N(C)C. The second-order valence-corrected chi connectivity index (χ2v) is 18.0. The van der Waals surface area contributed by atoms with Gasteiger partial charge in [-0.05, 0) is 101 Å². The molecular weight excluding hydrogens is 582 g/mol. The molecule has 1 saturated heterocycles. The maximum atomic E-state index is 14.8. The molecule has 2 bridgehead atoms. The Hall–Kier alpha value is -1.77. The quantitative estimate of drug-likeness (QED) is 0.303. The number of carbonyl (C=O) groups is 3. The summed E-state index contributed by atoms with van der Waals surface area (Å²) in [7, 11) is 4.08. The topological polar surface area (TPSA) is 102 Å². The maximum absolute atomic E-state index is 14.8. The summed E-state index contributed by atoms with van der Waals surface area (Å²) in [6.45, 7) is 22.2. The lowest BCUT2D eigenvalue weighted by molar-refractivity contribution is -0.269. The molecule has 1 aliphatic heterocycles. The number of esters is 1. The molecule has 46 heavy (non-hydrogen) atoms. The van der Waals surface area contributed by atoms with Crippen LogP contribution in [0.5, 0.6) is 0 Å². The molecule has 3 saturated carbocycles. The molecule has 1 N–H and O–H groups in total. The monoisotopic (exact) mass is 643 g/mol. The number of ketones is 1. The summed E-state index contributed by atoms with van der Waals surface area (Å²) in [6.07, 6.45) is 4.95. The van der Waals surface area contributed by atoms with Crippen molar-refractivity contribution < 1.29 is 33.7 Å². The Morgan fingerprint density at radius 1 is 1.09 bits per heavy atom. The minimum Gasteiger partial charge on any atom is -0.481 e. The van der Waals surface area contributed by atoms with Gasteiger partial charge in [0.05, 0.1) is 25.7 Å². The third-order valence-corrected chi connectivity index (χ3v) is 15.1. The Labute approximate surface area is 277 Å². The second kappa shape index (κ2) is 11.4. The Bertz CT molecular complexity index is 1290. The number of hydrogen-bond acceptors (Lipinski definition) is 7. The minimum atomic E-state index is -1.04. The molecular formula is C38H61NO7. The largest absolute Gasteiger partial charge is 0.481 e. The lowest BCUT2D eigenvalue weighted by atomic mass is 9.34. The number of carbonyl (C=O) groups excluding carboxylic acids is 2. The van der Waals surface area contributed by atoms with Crippen LogP contribution in [0.2, 0.25) is 0 Å². The van der Waals surface area contributed by atoms with E-state index < -0.39 is 45.1 Å². The minimum absolute atomic E-state index is 0.0428. The third kappa shape index (κ3) is 4.80. The molecule has 4 aliphatic carbocycles. The van der Waals surface area contributed by atoms with Crippen LogP contribution in [0.4, 0.5) is 0 Å². The first kappa shape index (κ1) is 35.5. The lowest BCUT2D eigenvalue weighted by Gasteiger charge is -2.70. The van der Waals surface area contributed by atoms with Gasteiger partial charge in [0.1, 0.15) is 12.2 Å². The summed E-state index contributed by atoms with van der Waals surface area (Å²) in [5, 5.41) is 10.9. The maximum Gasteiger partial charge on any atom is 0.308 e. The highest BCUT2D eigenvalue weighted by atomic mass is 16.6. The van der Waals surface area contributed by atoms with E-state index in [1.165, 1.54) is 6.92 Å². The van der Waals surface area contributed by atoms with Crippen LogP contribution < -0.4 is 0 Å². The summed E-state index contributed by atoms with van der Waals surface area (Å²) < 4.78 is 19.4. The second-order valence-electron chi connectivity index (χ2n) is 18.0. The number of carboxylic acids is 1. The van der Waals surface area contributed by atoms with Crippen LogP contribution in [0.15, 0.2) is 11.6 Å². The van der Waals surface area contributed by atoms with Crippen molar-refractivity contribution in [1.82, 2.24) is 4.90 Å². The van der Waals surface area contributed by atoms with Crippen molar-refractivity contribution in [3.63, 3.8) is 0 Å². The summed E-state index contributed by atoms with van der Waals surface area (Å²) in [4.78, 5) is 42.9. The van der Waals surface area contributed by atoms with Crippen LogP contribution in [0, 0.1) is 56.7 Å². The van der Waals surface area contributed by atoms with Gasteiger partial charge in [-0.3, -0.25) is 14.4 Å². The first-order valence-electron chi connectivity index (χ1n) is 17.7. The molecule has 0 amide bonds. The van der Waals surface area contributed by atoms with Gasteiger partial charge in [0.2, 0.25) is 0 Å². The van der Waals surface area contributed by atoms with Gasteiger partial charge in [-0.2, -0.15) is 0 Å². The zero-order valence-electron chi connectivity index (χ0n) is 30.6. The number of rotatable bonds is 8. The molecule has 5 rings (SSSR count). The van der Waals surface area contributed by atoms with Gasteiger partial charge in [0, 0.05) is 28.7 Å². The highest BCUT2D eigenvalue weighted by Gasteiger charge is 2.74. The lowest BCUT2D eigenvalue weighted by Crippen LogP contribution is -2.71. The number of ether oxygens (including phenoxy) is 3. The predicted octanol–water partition coefficient (Wildman–Crippen LogP) is 6.41. The Kier molecular flexibility index (Phi) is 8.81. The fourth-order valence-corrected chi connectivity index (χ4v) is 11.4. The zero-order valence-corrected chi connectivity index (χ0v) is 30.6. The van der Waals surface area contributed by atoms with Crippen molar-refractivity contribution in [1.29, 1.82) is 0 Å². The molecule has 0 spiro atoms. The Balaban J connectivity index is 1.62. The number of nitrogens with zero attached hydrogens (tertiary/aromatic N) is 1. The molecule has 8 heteroatoms. The number of allylic oxidation sites excluding steroid dienone is 1. The van der Waals surface area contributed by atoms with Crippen molar-refractivity contribution in [3.05, 3.63) is 11.6 Å². The molecule has 8 nitrogen and oxygen atoms in total. The Morgan fingerprint density at radius 3 is 2.30 bits per heavy atom. The summed E-state index contributed by atoms with van der Waals surface area (Å²) in [5.74, 6) is -1.37. The number of likely N-dealkylation sites (N-methyl/N-ethyl adjacent to an activating group) is 1. The van der Waals surface area contributed by atoms with E-state index in [1.807, 2.05) is 27.1 Å². The van der Waals surface area contributed by atoms with Gasteiger partial charge < -0.3 is 24.2 Å². The molecule has 1 heterocycles.